The molecule has 0 fully saturated rings. The molecule has 0 aliphatic heterocycles. The van der Waals surface area contributed by atoms with Gasteiger partial charge in [0.15, 0.2) is 11.6 Å². The van der Waals surface area contributed by atoms with Crippen molar-refractivity contribution in [3.63, 3.8) is 0 Å². The van der Waals surface area contributed by atoms with Crippen molar-refractivity contribution in [3.05, 3.63) is 30.1 Å². The van der Waals surface area contributed by atoms with Crippen molar-refractivity contribution in [1.82, 2.24) is 4.98 Å². The molecular weight excluding hydrogens is 184 g/mol. The second kappa shape index (κ2) is 17.9. The third-order valence-corrected chi connectivity index (χ3v) is 0.723. The zero-order valence-corrected chi connectivity index (χ0v) is 9.94. The number of nitrogens with zero attached hydrogens (tertiary/aromatic N) is 1. The number of aromatic nitrogens is 1. The zero-order valence-electron chi connectivity index (χ0n) is 9.94. The first-order chi connectivity index (χ1) is 6.80. The summed E-state index contributed by atoms with van der Waals surface area (Å²) in [5, 5.41) is 0. The lowest BCUT2D eigenvalue weighted by Gasteiger charge is -1.84. The van der Waals surface area contributed by atoms with Gasteiger partial charge in [0.05, 0.1) is 6.20 Å². The lowest BCUT2D eigenvalue weighted by molar-refractivity contribution is 0.504. The van der Waals surface area contributed by atoms with Crippen LogP contribution in [0.3, 0.4) is 0 Å². The quantitative estimate of drug-likeness (QED) is 0.610. The van der Waals surface area contributed by atoms with Crippen molar-refractivity contribution in [2.75, 3.05) is 0 Å². The molecule has 0 spiro atoms. The van der Waals surface area contributed by atoms with Crippen LogP contribution in [0.5, 0.6) is 0 Å². The minimum Gasteiger partial charge on any atom is -0.261 e. The van der Waals surface area contributed by atoms with Crippen molar-refractivity contribution < 1.29 is 8.78 Å². The van der Waals surface area contributed by atoms with Crippen LogP contribution in [0, 0.1) is 11.6 Å². The molecule has 84 valence electrons. The highest BCUT2D eigenvalue weighted by molar-refractivity contribution is 4.96. The lowest BCUT2D eigenvalue weighted by atomic mass is 10.5. The van der Waals surface area contributed by atoms with Crippen LogP contribution in [0.1, 0.15) is 41.5 Å². The highest BCUT2D eigenvalue weighted by Crippen LogP contribution is 1.98. The molecule has 0 aliphatic rings. The highest BCUT2D eigenvalue weighted by atomic mass is 19.2. The standard InChI is InChI=1S/C5H3F2N.3C2H6/c6-4-1-2-8-3-5(4)7;3*1-2/h1-3H;3*1-2H3. The maximum atomic E-state index is 11.9. The molecule has 0 aliphatic carbocycles. The third-order valence-electron chi connectivity index (χ3n) is 0.723. The molecule has 3 heteroatoms. The van der Waals surface area contributed by atoms with Crippen LogP contribution in [0.25, 0.3) is 0 Å². The molecule has 0 aromatic carbocycles. The van der Waals surface area contributed by atoms with E-state index >= 15 is 0 Å². The third kappa shape index (κ3) is 11.0. The number of pyridine rings is 1. The summed E-state index contributed by atoms with van der Waals surface area (Å²) in [5.74, 6) is -1.77. The fraction of sp³-hybridized carbons (Fsp3) is 0.545. The number of rotatable bonds is 0. The molecule has 1 rings (SSSR count). The normalized spacial score (nSPS) is 6.57. The van der Waals surface area contributed by atoms with Crippen LogP contribution < -0.4 is 0 Å². The van der Waals surface area contributed by atoms with Gasteiger partial charge in [-0.3, -0.25) is 4.98 Å². The molecule has 1 heterocycles. The summed E-state index contributed by atoms with van der Waals surface area (Å²) in [6.45, 7) is 12.0. The van der Waals surface area contributed by atoms with Crippen LogP contribution >= 0.6 is 0 Å². The Morgan fingerprint density at radius 2 is 1.29 bits per heavy atom. The number of hydrogen-bond donors (Lipinski definition) is 0. The molecule has 0 saturated carbocycles. The van der Waals surface area contributed by atoms with E-state index in [2.05, 4.69) is 4.98 Å². The van der Waals surface area contributed by atoms with E-state index in [4.69, 9.17) is 0 Å². The molecule has 0 N–H and O–H groups in total. The minimum atomic E-state index is -0.910. The second-order valence-corrected chi connectivity index (χ2v) is 1.29. The predicted molar refractivity (Wildman–Crippen MR) is 58.2 cm³/mol. The van der Waals surface area contributed by atoms with Crippen LogP contribution in [0.4, 0.5) is 8.78 Å². The molecule has 1 aromatic rings. The topological polar surface area (TPSA) is 12.9 Å². The summed E-state index contributed by atoms with van der Waals surface area (Å²) in [6, 6.07) is 0.968. The van der Waals surface area contributed by atoms with Gasteiger partial charge in [-0.15, -0.1) is 0 Å². The van der Waals surface area contributed by atoms with Gasteiger partial charge in [0.25, 0.3) is 0 Å². The van der Waals surface area contributed by atoms with Crippen LogP contribution in [-0.4, -0.2) is 4.98 Å². The fourth-order valence-corrected chi connectivity index (χ4v) is 0.358. The molecule has 0 atom stereocenters. The Morgan fingerprint density at radius 3 is 1.50 bits per heavy atom. The Morgan fingerprint density at radius 1 is 0.857 bits per heavy atom. The molecule has 0 unspecified atom stereocenters. The van der Waals surface area contributed by atoms with E-state index in [0.29, 0.717) is 0 Å². The van der Waals surface area contributed by atoms with Crippen LogP contribution in [-0.2, 0) is 0 Å². The maximum absolute atomic E-state index is 11.9. The first-order valence-corrected chi connectivity index (χ1v) is 5.06. The molecule has 1 nitrogen and oxygen atoms in total. The van der Waals surface area contributed by atoms with Gasteiger partial charge in [0, 0.05) is 6.20 Å². The summed E-state index contributed by atoms with van der Waals surface area (Å²) < 4.78 is 23.8. The Hall–Kier alpha value is -0.990. The molecule has 0 radical (unpaired) electrons. The van der Waals surface area contributed by atoms with Crippen molar-refractivity contribution in [3.8, 4) is 0 Å². The summed E-state index contributed by atoms with van der Waals surface area (Å²) in [5.41, 5.74) is 0. The maximum Gasteiger partial charge on any atom is 0.177 e. The van der Waals surface area contributed by atoms with E-state index in [-0.39, 0.29) is 0 Å². The fourth-order valence-electron chi connectivity index (χ4n) is 0.358. The van der Waals surface area contributed by atoms with Crippen LogP contribution in [0.2, 0.25) is 0 Å². The van der Waals surface area contributed by atoms with E-state index < -0.39 is 11.6 Å². The first kappa shape index (κ1) is 18.7. The predicted octanol–water partition coefficient (Wildman–Crippen LogP) is 4.44. The summed E-state index contributed by atoms with van der Waals surface area (Å²) in [4.78, 5) is 3.33. The monoisotopic (exact) mass is 205 g/mol. The van der Waals surface area contributed by atoms with Gasteiger partial charge < -0.3 is 0 Å². The van der Waals surface area contributed by atoms with Crippen molar-refractivity contribution in [1.29, 1.82) is 0 Å². The van der Waals surface area contributed by atoms with Gasteiger partial charge in [-0.2, -0.15) is 0 Å². The van der Waals surface area contributed by atoms with Gasteiger partial charge in [0.2, 0.25) is 0 Å². The van der Waals surface area contributed by atoms with Gasteiger partial charge in [-0.25, -0.2) is 8.78 Å². The highest BCUT2D eigenvalue weighted by Gasteiger charge is 1.94. The largest absolute Gasteiger partial charge is 0.261 e. The molecule has 0 amide bonds. The van der Waals surface area contributed by atoms with E-state index in [9.17, 15) is 8.78 Å². The Labute approximate surface area is 86.2 Å². The number of hydrogen-bond acceptors (Lipinski definition) is 1. The van der Waals surface area contributed by atoms with Crippen LogP contribution in [0.15, 0.2) is 18.5 Å². The van der Waals surface area contributed by atoms with Crippen molar-refractivity contribution in [2.24, 2.45) is 0 Å². The smallest absolute Gasteiger partial charge is 0.177 e. The van der Waals surface area contributed by atoms with Gasteiger partial charge in [-0.05, 0) is 6.07 Å². The van der Waals surface area contributed by atoms with Gasteiger partial charge in [-0.1, -0.05) is 41.5 Å². The molecule has 0 saturated heterocycles. The number of halogens is 2. The van der Waals surface area contributed by atoms with E-state index in [1.807, 2.05) is 41.5 Å². The van der Waals surface area contributed by atoms with Crippen molar-refractivity contribution >= 4 is 0 Å². The van der Waals surface area contributed by atoms with E-state index in [1.54, 1.807) is 0 Å². The van der Waals surface area contributed by atoms with Gasteiger partial charge >= 0.3 is 0 Å². The molecule has 0 bridgehead atoms. The SMILES string of the molecule is CC.CC.CC.Fc1ccncc1F. The molecule has 14 heavy (non-hydrogen) atoms. The first-order valence-electron chi connectivity index (χ1n) is 5.06. The van der Waals surface area contributed by atoms with E-state index in [1.165, 1.54) is 6.20 Å². The average molecular weight is 205 g/mol. The summed E-state index contributed by atoms with van der Waals surface area (Å²) >= 11 is 0. The Bertz CT molecular complexity index is 169. The summed E-state index contributed by atoms with van der Waals surface area (Å²) in [7, 11) is 0. The minimum absolute atomic E-state index is 0.829. The lowest BCUT2D eigenvalue weighted by Crippen LogP contribution is -1.81. The summed E-state index contributed by atoms with van der Waals surface area (Å²) in [6.07, 6.45) is 2.02. The second-order valence-electron chi connectivity index (χ2n) is 1.29. The molecular formula is C11H21F2N. The average Bonchev–Trinajstić information content (AvgIpc) is 2.31. The Kier molecular flexibility index (Phi) is 24.0. The van der Waals surface area contributed by atoms with E-state index in [0.717, 1.165) is 12.3 Å². The Balaban J connectivity index is -0.000000174. The zero-order chi connectivity index (χ0) is 12.0. The van der Waals surface area contributed by atoms with Crippen molar-refractivity contribution in [2.45, 2.75) is 41.5 Å². The van der Waals surface area contributed by atoms with Gasteiger partial charge in [0.1, 0.15) is 0 Å². The molecule has 1 aromatic heterocycles.